The molecule has 0 aromatic heterocycles. The number of benzene rings is 1. The zero-order chi connectivity index (χ0) is 14.0. The van der Waals surface area contributed by atoms with Crippen LogP contribution in [0.2, 0.25) is 0 Å². The maximum Gasteiger partial charge on any atom is 0.126 e. The first-order valence-corrected chi connectivity index (χ1v) is 6.59. The molecule has 3 nitrogen and oxygen atoms in total. The highest BCUT2D eigenvalue weighted by molar-refractivity contribution is 5.26. The molecule has 0 saturated heterocycles. The van der Waals surface area contributed by atoms with Crippen LogP contribution in [0.1, 0.15) is 37.3 Å². The molecule has 0 radical (unpaired) electrons. The van der Waals surface area contributed by atoms with E-state index in [1.165, 1.54) is 12.1 Å². The first kappa shape index (κ1) is 14.4. The number of rotatable bonds is 4. The summed E-state index contributed by atoms with van der Waals surface area (Å²) in [4.78, 5) is 2.12. The van der Waals surface area contributed by atoms with Crippen molar-refractivity contribution in [2.75, 3.05) is 14.1 Å². The molecule has 1 atom stereocenters. The molecule has 0 aliphatic heterocycles. The Morgan fingerprint density at radius 1 is 1.16 bits per heavy atom. The summed E-state index contributed by atoms with van der Waals surface area (Å²) in [5, 5.41) is 0. The van der Waals surface area contributed by atoms with Gasteiger partial charge in [0.2, 0.25) is 0 Å². The number of nitrogens with two attached hydrogens (primary N) is 1. The average molecular weight is 269 g/mol. The molecule has 0 heterocycles. The fourth-order valence-corrected chi connectivity index (χ4v) is 3.28. The van der Waals surface area contributed by atoms with E-state index in [-0.39, 0.29) is 11.6 Å². The van der Waals surface area contributed by atoms with Crippen molar-refractivity contribution in [2.24, 2.45) is 5.84 Å². The van der Waals surface area contributed by atoms with Crippen LogP contribution in [0.25, 0.3) is 0 Å². The molecule has 0 amide bonds. The van der Waals surface area contributed by atoms with Gasteiger partial charge in [-0.25, -0.2) is 8.78 Å². The molecule has 1 unspecified atom stereocenters. The number of hydrazine groups is 1. The number of likely N-dealkylation sites (N-methyl/N-ethyl adjacent to an activating group) is 1. The summed E-state index contributed by atoms with van der Waals surface area (Å²) in [6.07, 6.45) is 4.14. The lowest BCUT2D eigenvalue weighted by Gasteiger charge is -2.43. The van der Waals surface area contributed by atoms with Gasteiger partial charge in [0.1, 0.15) is 11.6 Å². The van der Waals surface area contributed by atoms with Crippen LogP contribution in [0.3, 0.4) is 0 Å². The highest BCUT2D eigenvalue weighted by Crippen LogP contribution is 2.43. The van der Waals surface area contributed by atoms with Gasteiger partial charge in [-0.05, 0) is 44.6 Å². The molecular weight excluding hydrogens is 248 g/mol. The first-order chi connectivity index (χ1) is 8.99. The second kappa shape index (κ2) is 5.53. The average Bonchev–Trinajstić information content (AvgIpc) is 2.79. The van der Waals surface area contributed by atoms with E-state index in [1.54, 1.807) is 0 Å². The van der Waals surface area contributed by atoms with Gasteiger partial charge in [-0.1, -0.05) is 12.8 Å². The summed E-state index contributed by atoms with van der Waals surface area (Å²) in [6.45, 7) is 0. The predicted octanol–water partition coefficient (Wildman–Crippen LogP) is 2.34. The van der Waals surface area contributed by atoms with Gasteiger partial charge in [-0.15, -0.1) is 0 Å². The molecule has 1 aliphatic carbocycles. The summed E-state index contributed by atoms with van der Waals surface area (Å²) < 4.78 is 26.8. The molecule has 1 aromatic rings. The molecular formula is C14H21F2N3. The predicted molar refractivity (Wildman–Crippen MR) is 71.3 cm³/mol. The van der Waals surface area contributed by atoms with Crippen LogP contribution >= 0.6 is 0 Å². The largest absolute Gasteiger partial charge is 0.302 e. The van der Waals surface area contributed by atoms with Crippen molar-refractivity contribution in [1.82, 2.24) is 10.3 Å². The maximum atomic E-state index is 13.4. The van der Waals surface area contributed by atoms with Gasteiger partial charge in [0.15, 0.2) is 0 Å². The highest BCUT2D eigenvalue weighted by atomic mass is 19.1. The van der Waals surface area contributed by atoms with Crippen molar-refractivity contribution < 1.29 is 8.78 Å². The molecule has 1 aromatic carbocycles. The lowest BCUT2D eigenvalue weighted by molar-refractivity contribution is 0.104. The normalized spacial score (nSPS) is 19.9. The number of nitrogens with one attached hydrogen (secondary N) is 1. The molecule has 5 heteroatoms. The molecule has 1 fully saturated rings. The Bertz CT molecular complexity index is 422. The third-order valence-electron chi connectivity index (χ3n) is 4.28. The third-order valence-corrected chi connectivity index (χ3v) is 4.28. The van der Waals surface area contributed by atoms with Gasteiger partial charge in [0, 0.05) is 11.6 Å². The second-order valence-corrected chi connectivity index (χ2v) is 5.51. The van der Waals surface area contributed by atoms with E-state index in [9.17, 15) is 8.78 Å². The summed E-state index contributed by atoms with van der Waals surface area (Å²) in [5.41, 5.74) is 3.14. The van der Waals surface area contributed by atoms with Crippen molar-refractivity contribution in [1.29, 1.82) is 0 Å². The fourth-order valence-electron chi connectivity index (χ4n) is 3.28. The van der Waals surface area contributed by atoms with E-state index in [2.05, 4.69) is 10.3 Å². The molecule has 1 saturated carbocycles. The minimum absolute atomic E-state index is 0.186. The van der Waals surface area contributed by atoms with Crippen LogP contribution in [0.15, 0.2) is 18.2 Å². The van der Waals surface area contributed by atoms with Gasteiger partial charge >= 0.3 is 0 Å². The molecule has 1 aliphatic rings. The summed E-state index contributed by atoms with van der Waals surface area (Å²) >= 11 is 0. The molecule has 0 spiro atoms. The summed E-state index contributed by atoms with van der Waals surface area (Å²) in [5.74, 6) is 4.55. The van der Waals surface area contributed by atoms with Gasteiger partial charge < -0.3 is 4.90 Å². The quantitative estimate of drug-likeness (QED) is 0.651. The van der Waals surface area contributed by atoms with Gasteiger partial charge in [-0.2, -0.15) is 0 Å². The Morgan fingerprint density at radius 2 is 1.68 bits per heavy atom. The molecule has 2 rings (SSSR count). The van der Waals surface area contributed by atoms with Gasteiger partial charge in [0.25, 0.3) is 0 Å². The molecule has 106 valence electrons. The van der Waals surface area contributed by atoms with E-state index in [1.807, 2.05) is 14.1 Å². The van der Waals surface area contributed by atoms with Crippen LogP contribution < -0.4 is 11.3 Å². The van der Waals surface area contributed by atoms with Crippen molar-refractivity contribution in [2.45, 2.75) is 37.3 Å². The molecule has 3 N–H and O–H groups in total. The SMILES string of the molecule is CN(C)C1(C(NN)c2cc(F)cc(F)c2)CCCC1. The smallest absolute Gasteiger partial charge is 0.126 e. The van der Waals surface area contributed by atoms with E-state index in [0.717, 1.165) is 31.7 Å². The Hall–Kier alpha value is -1.04. The van der Waals surface area contributed by atoms with Gasteiger partial charge in [-0.3, -0.25) is 11.3 Å². The van der Waals surface area contributed by atoms with E-state index in [4.69, 9.17) is 5.84 Å². The number of hydrogen-bond donors (Lipinski definition) is 2. The Balaban J connectivity index is 2.42. The van der Waals surface area contributed by atoms with Crippen LogP contribution in [0.5, 0.6) is 0 Å². The Kier molecular flexibility index (Phi) is 4.18. The number of nitrogens with zero attached hydrogens (tertiary/aromatic N) is 1. The van der Waals surface area contributed by atoms with E-state index in [0.29, 0.717) is 5.56 Å². The van der Waals surface area contributed by atoms with Crippen molar-refractivity contribution in [3.05, 3.63) is 35.4 Å². The van der Waals surface area contributed by atoms with Crippen LogP contribution in [0, 0.1) is 11.6 Å². The second-order valence-electron chi connectivity index (χ2n) is 5.51. The highest BCUT2D eigenvalue weighted by Gasteiger charge is 2.43. The standard InChI is InChI=1S/C14H21F2N3/c1-19(2)14(5-3-4-6-14)13(18-17)10-7-11(15)9-12(16)8-10/h7-9,13,18H,3-6,17H2,1-2H3. The minimum Gasteiger partial charge on any atom is -0.302 e. The maximum absolute atomic E-state index is 13.4. The lowest BCUT2D eigenvalue weighted by atomic mass is 9.83. The summed E-state index contributed by atoms with van der Waals surface area (Å²) in [6, 6.07) is 3.32. The van der Waals surface area contributed by atoms with Gasteiger partial charge in [0.05, 0.1) is 6.04 Å². The fraction of sp³-hybridized carbons (Fsp3) is 0.571. The number of halogens is 2. The lowest BCUT2D eigenvalue weighted by Crippen LogP contribution is -2.53. The topological polar surface area (TPSA) is 41.3 Å². The summed E-state index contributed by atoms with van der Waals surface area (Å²) in [7, 11) is 3.98. The minimum atomic E-state index is -0.567. The third kappa shape index (κ3) is 2.63. The van der Waals surface area contributed by atoms with Crippen molar-refractivity contribution >= 4 is 0 Å². The zero-order valence-corrected chi connectivity index (χ0v) is 11.4. The van der Waals surface area contributed by atoms with Crippen molar-refractivity contribution in [3.8, 4) is 0 Å². The van der Waals surface area contributed by atoms with E-state index >= 15 is 0 Å². The number of hydrogen-bond acceptors (Lipinski definition) is 3. The van der Waals surface area contributed by atoms with Crippen molar-refractivity contribution in [3.63, 3.8) is 0 Å². The molecule has 0 bridgehead atoms. The van der Waals surface area contributed by atoms with E-state index < -0.39 is 11.6 Å². The monoisotopic (exact) mass is 269 g/mol. The van der Waals surface area contributed by atoms with Crippen LogP contribution in [-0.2, 0) is 0 Å². The van der Waals surface area contributed by atoms with Crippen LogP contribution in [-0.4, -0.2) is 24.5 Å². The van der Waals surface area contributed by atoms with Crippen LogP contribution in [0.4, 0.5) is 8.78 Å². The Labute approximate surface area is 112 Å². The Morgan fingerprint density at radius 3 is 2.11 bits per heavy atom. The first-order valence-electron chi connectivity index (χ1n) is 6.59. The zero-order valence-electron chi connectivity index (χ0n) is 11.4. The molecule has 19 heavy (non-hydrogen) atoms.